The van der Waals surface area contributed by atoms with Gasteiger partial charge < -0.3 is 0 Å². The van der Waals surface area contributed by atoms with E-state index in [0.29, 0.717) is 22.2 Å². The molecule has 0 aromatic carbocycles. The number of allylic oxidation sites excluding steroid dienone is 2. The van der Waals surface area contributed by atoms with Crippen LogP contribution in [0.5, 0.6) is 0 Å². The van der Waals surface area contributed by atoms with E-state index in [2.05, 4.69) is 74.6 Å². The van der Waals surface area contributed by atoms with Gasteiger partial charge in [-0.2, -0.15) is 0 Å². The molecule has 0 aromatic rings. The second-order valence-corrected chi connectivity index (χ2v) is 11.7. The molecule has 0 radical (unpaired) electrons. The van der Waals surface area contributed by atoms with Crippen molar-refractivity contribution in [2.75, 3.05) is 5.33 Å². The van der Waals surface area contributed by atoms with Gasteiger partial charge in [0.1, 0.15) is 0 Å². The molecule has 0 nitrogen and oxygen atoms in total. The number of alkyl halides is 3. The van der Waals surface area contributed by atoms with Crippen LogP contribution in [0.2, 0.25) is 0 Å². The van der Waals surface area contributed by atoms with Crippen molar-refractivity contribution in [2.24, 2.45) is 22.2 Å². The van der Waals surface area contributed by atoms with Crippen molar-refractivity contribution in [3.8, 4) is 0 Å². The van der Waals surface area contributed by atoms with Crippen LogP contribution in [0.25, 0.3) is 0 Å². The standard InChI is InChI=1S/C16H23Br3/c1-13(2)6-4-7-14(3)15(16(14,18)19)8-5-11(10-17)9-12(13)15/h9,12H,4-8,10H2,1-3H3/t12-,14-,15+/m1/s1. The van der Waals surface area contributed by atoms with Gasteiger partial charge in [0.2, 0.25) is 0 Å². The van der Waals surface area contributed by atoms with Crippen LogP contribution in [0.3, 0.4) is 0 Å². The molecule has 1 spiro atoms. The van der Waals surface area contributed by atoms with Crippen molar-refractivity contribution in [2.45, 2.75) is 56.1 Å². The van der Waals surface area contributed by atoms with E-state index in [4.69, 9.17) is 0 Å². The molecule has 0 bridgehead atoms. The van der Waals surface area contributed by atoms with Crippen LogP contribution in [0.15, 0.2) is 11.6 Å². The molecule has 3 aliphatic rings. The van der Waals surface area contributed by atoms with Crippen LogP contribution < -0.4 is 0 Å². The fraction of sp³-hybridized carbons (Fsp3) is 0.875. The first-order valence-corrected chi connectivity index (χ1v) is 10.1. The summed E-state index contributed by atoms with van der Waals surface area (Å²) in [6.07, 6.45) is 9.26. The minimum Gasteiger partial charge on any atom is -0.0880 e. The highest BCUT2D eigenvalue weighted by Gasteiger charge is 2.85. The summed E-state index contributed by atoms with van der Waals surface area (Å²) in [4.78, 5) is 0. The number of halogens is 3. The molecule has 3 aliphatic carbocycles. The zero-order valence-corrected chi connectivity index (χ0v) is 16.8. The molecule has 3 heteroatoms. The summed E-state index contributed by atoms with van der Waals surface area (Å²) in [5.74, 6) is 0.688. The second-order valence-electron chi connectivity index (χ2n) is 7.66. The molecule has 0 saturated heterocycles. The van der Waals surface area contributed by atoms with Crippen LogP contribution in [-0.2, 0) is 0 Å². The van der Waals surface area contributed by atoms with Gasteiger partial charge in [0.15, 0.2) is 0 Å². The molecule has 0 unspecified atom stereocenters. The third-order valence-corrected chi connectivity index (χ3v) is 10.3. The Morgan fingerprint density at radius 3 is 2.47 bits per heavy atom. The monoisotopic (exact) mass is 452 g/mol. The third-order valence-electron chi connectivity index (χ3n) is 6.46. The van der Waals surface area contributed by atoms with Crippen LogP contribution in [0.1, 0.15) is 52.9 Å². The summed E-state index contributed by atoms with van der Waals surface area (Å²) < 4.78 is 0.150. The normalized spacial score (nSPS) is 46.6. The molecule has 0 heterocycles. The van der Waals surface area contributed by atoms with E-state index in [1.807, 2.05) is 0 Å². The maximum Gasteiger partial charge on any atom is 0.0932 e. The van der Waals surface area contributed by atoms with Crippen molar-refractivity contribution >= 4 is 47.8 Å². The minimum atomic E-state index is 0.150. The van der Waals surface area contributed by atoms with Crippen molar-refractivity contribution in [3.63, 3.8) is 0 Å². The van der Waals surface area contributed by atoms with Gasteiger partial charge in [0, 0.05) is 16.2 Å². The predicted molar refractivity (Wildman–Crippen MR) is 93.4 cm³/mol. The first kappa shape index (κ1) is 15.1. The Bertz CT molecular complexity index is 437. The first-order valence-electron chi connectivity index (χ1n) is 7.36. The number of hydrogen-bond acceptors (Lipinski definition) is 0. The molecule has 19 heavy (non-hydrogen) atoms. The summed E-state index contributed by atoms with van der Waals surface area (Å²) in [6.45, 7) is 7.46. The van der Waals surface area contributed by atoms with Crippen molar-refractivity contribution < 1.29 is 0 Å². The molecule has 108 valence electrons. The Morgan fingerprint density at radius 1 is 1.16 bits per heavy atom. The maximum absolute atomic E-state index is 4.07. The molecule has 0 amide bonds. The van der Waals surface area contributed by atoms with Crippen molar-refractivity contribution in [1.29, 1.82) is 0 Å². The zero-order chi connectivity index (χ0) is 14.1. The van der Waals surface area contributed by atoms with E-state index < -0.39 is 0 Å². The Labute approximate surface area is 142 Å². The lowest BCUT2D eigenvalue weighted by atomic mass is 9.63. The smallest absolute Gasteiger partial charge is 0.0880 e. The Kier molecular flexibility index (Phi) is 3.45. The van der Waals surface area contributed by atoms with Crippen LogP contribution >= 0.6 is 47.8 Å². The van der Waals surface area contributed by atoms with Gasteiger partial charge in [-0.15, -0.1) is 0 Å². The highest BCUT2D eigenvalue weighted by molar-refractivity contribution is 9.25. The fourth-order valence-corrected chi connectivity index (χ4v) is 8.31. The van der Waals surface area contributed by atoms with E-state index in [0.717, 1.165) is 5.33 Å². The predicted octanol–water partition coefficient (Wildman–Crippen LogP) is 6.42. The molecule has 2 saturated carbocycles. The van der Waals surface area contributed by atoms with E-state index in [1.54, 1.807) is 5.57 Å². The fourth-order valence-electron chi connectivity index (χ4n) is 5.17. The summed E-state index contributed by atoms with van der Waals surface area (Å²) in [5.41, 5.74) is 2.84. The zero-order valence-electron chi connectivity index (χ0n) is 12.0. The molecular formula is C16H23Br3. The molecule has 2 fully saturated rings. The average Bonchev–Trinajstić information content (AvgIpc) is 2.74. The Morgan fingerprint density at radius 2 is 1.84 bits per heavy atom. The maximum atomic E-state index is 4.07. The van der Waals surface area contributed by atoms with Gasteiger partial charge in [-0.25, -0.2) is 0 Å². The second kappa shape index (κ2) is 4.35. The van der Waals surface area contributed by atoms with Gasteiger partial charge in [-0.05, 0) is 37.0 Å². The van der Waals surface area contributed by atoms with E-state index >= 15 is 0 Å². The summed E-state index contributed by atoms with van der Waals surface area (Å²) in [5, 5.41) is 1.05. The SMILES string of the molecule is CC1(C)CCC[C@@]2(C)C(Br)(Br)[C@]23CCC(CBr)=C[C@H]13. The van der Waals surface area contributed by atoms with Crippen molar-refractivity contribution in [1.82, 2.24) is 0 Å². The number of hydrogen-bond donors (Lipinski definition) is 0. The van der Waals surface area contributed by atoms with Crippen LogP contribution in [0, 0.1) is 22.2 Å². The van der Waals surface area contributed by atoms with E-state index in [9.17, 15) is 0 Å². The summed E-state index contributed by atoms with van der Waals surface area (Å²) in [7, 11) is 0. The summed E-state index contributed by atoms with van der Waals surface area (Å²) >= 11 is 11.8. The molecule has 3 atom stereocenters. The van der Waals surface area contributed by atoms with Crippen LogP contribution in [-0.4, -0.2) is 8.56 Å². The van der Waals surface area contributed by atoms with Crippen molar-refractivity contribution in [3.05, 3.63) is 11.6 Å². The van der Waals surface area contributed by atoms with E-state index in [-0.39, 0.29) is 3.23 Å². The molecule has 3 rings (SSSR count). The largest absolute Gasteiger partial charge is 0.0932 e. The van der Waals surface area contributed by atoms with Gasteiger partial charge in [-0.1, -0.05) is 86.6 Å². The topological polar surface area (TPSA) is 0 Å². The number of rotatable bonds is 1. The summed E-state index contributed by atoms with van der Waals surface area (Å²) in [6, 6.07) is 0. The lowest BCUT2D eigenvalue weighted by Gasteiger charge is -2.42. The van der Waals surface area contributed by atoms with Gasteiger partial charge >= 0.3 is 0 Å². The quantitative estimate of drug-likeness (QED) is 0.316. The van der Waals surface area contributed by atoms with Gasteiger partial charge in [0.05, 0.1) is 3.23 Å². The Balaban J connectivity index is 2.12. The van der Waals surface area contributed by atoms with Gasteiger partial charge in [0.25, 0.3) is 0 Å². The average molecular weight is 455 g/mol. The highest BCUT2D eigenvalue weighted by Crippen LogP contribution is 2.88. The van der Waals surface area contributed by atoms with Crippen LogP contribution in [0.4, 0.5) is 0 Å². The lowest BCUT2D eigenvalue weighted by molar-refractivity contribution is 0.129. The molecule has 0 aliphatic heterocycles. The highest BCUT2D eigenvalue weighted by atomic mass is 79.9. The van der Waals surface area contributed by atoms with E-state index in [1.165, 1.54) is 32.1 Å². The molecule has 0 N–H and O–H groups in total. The molecule has 0 aromatic heterocycles. The molecular weight excluding hydrogens is 432 g/mol. The minimum absolute atomic E-state index is 0.150. The lowest BCUT2D eigenvalue weighted by Crippen LogP contribution is -2.36. The third kappa shape index (κ3) is 1.67. The van der Waals surface area contributed by atoms with Gasteiger partial charge in [-0.3, -0.25) is 0 Å². The Hall–Kier alpha value is 1.18. The first-order chi connectivity index (χ1) is 8.73.